The number of rotatable bonds is 2. The predicted molar refractivity (Wildman–Crippen MR) is 69.7 cm³/mol. The van der Waals surface area contributed by atoms with Gasteiger partial charge in [0.15, 0.2) is 0 Å². The summed E-state index contributed by atoms with van der Waals surface area (Å²) in [6, 6.07) is 3.78. The standard InChI is InChI=1S/C13H19N3O3/c1-19-13(18)16-7-3-6-15(8-9-16)12(17)10-11-4-2-5-14-11/h2,4-5,14H,3,6-10H2,1H3. The third-order valence-electron chi connectivity index (χ3n) is 3.29. The smallest absolute Gasteiger partial charge is 0.409 e. The molecular formula is C13H19N3O3. The topological polar surface area (TPSA) is 65.6 Å². The molecule has 0 unspecified atom stereocenters. The molecule has 0 radical (unpaired) electrons. The van der Waals surface area contributed by atoms with Crippen LogP contribution in [0.4, 0.5) is 4.79 Å². The molecule has 0 saturated carbocycles. The summed E-state index contributed by atoms with van der Waals surface area (Å²) in [6.07, 6.45) is 2.65. The van der Waals surface area contributed by atoms with Crippen LogP contribution >= 0.6 is 0 Å². The summed E-state index contributed by atoms with van der Waals surface area (Å²) < 4.78 is 4.70. The first-order chi connectivity index (χ1) is 9.20. The van der Waals surface area contributed by atoms with Crippen LogP contribution in [0, 0.1) is 0 Å². The van der Waals surface area contributed by atoms with E-state index in [0.29, 0.717) is 32.6 Å². The van der Waals surface area contributed by atoms with Gasteiger partial charge in [-0.05, 0) is 18.6 Å². The van der Waals surface area contributed by atoms with E-state index in [0.717, 1.165) is 12.1 Å². The van der Waals surface area contributed by atoms with Gasteiger partial charge in [-0.15, -0.1) is 0 Å². The number of H-pyrrole nitrogens is 1. The van der Waals surface area contributed by atoms with Crippen molar-refractivity contribution in [3.05, 3.63) is 24.0 Å². The lowest BCUT2D eigenvalue weighted by molar-refractivity contribution is -0.130. The zero-order valence-corrected chi connectivity index (χ0v) is 11.1. The van der Waals surface area contributed by atoms with E-state index in [9.17, 15) is 9.59 Å². The normalized spacial score (nSPS) is 16.1. The Kier molecular flexibility index (Phi) is 4.43. The van der Waals surface area contributed by atoms with Gasteiger partial charge in [0.05, 0.1) is 13.5 Å². The van der Waals surface area contributed by atoms with Crippen LogP contribution in [-0.4, -0.2) is 60.1 Å². The van der Waals surface area contributed by atoms with Gasteiger partial charge in [0, 0.05) is 38.1 Å². The lowest BCUT2D eigenvalue weighted by Crippen LogP contribution is -2.37. The van der Waals surface area contributed by atoms with Gasteiger partial charge in [0.2, 0.25) is 5.91 Å². The molecule has 2 heterocycles. The molecule has 1 saturated heterocycles. The van der Waals surface area contributed by atoms with Crippen LogP contribution in [0.3, 0.4) is 0 Å². The molecule has 1 aliphatic rings. The van der Waals surface area contributed by atoms with E-state index >= 15 is 0 Å². The number of aromatic amines is 1. The van der Waals surface area contributed by atoms with Crippen molar-refractivity contribution in [2.75, 3.05) is 33.3 Å². The van der Waals surface area contributed by atoms with Crippen LogP contribution in [0.25, 0.3) is 0 Å². The van der Waals surface area contributed by atoms with Crippen LogP contribution in [0.2, 0.25) is 0 Å². The highest BCUT2D eigenvalue weighted by molar-refractivity contribution is 5.78. The third-order valence-corrected chi connectivity index (χ3v) is 3.29. The number of carbonyl (C=O) groups is 2. The Balaban J connectivity index is 1.88. The molecule has 1 N–H and O–H groups in total. The van der Waals surface area contributed by atoms with Crippen LogP contribution in [-0.2, 0) is 16.0 Å². The zero-order valence-electron chi connectivity index (χ0n) is 11.1. The molecule has 1 fully saturated rings. The lowest BCUT2D eigenvalue weighted by Gasteiger charge is -2.21. The maximum Gasteiger partial charge on any atom is 0.409 e. The van der Waals surface area contributed by atoms with E-state index in [-0.39, 0.29) is 12.0 Å². The average molecular weight is 265 g/mol. The van der Waals surface area contributed by atoms with E-state index in [1.807, 2.05) is 23.2 Å². The maximum absolute atomic E-state index is 12.1. The van der Waals surface area contributed by atoms with Gasteiger partial charge in [-0.25, -0.2) is 4.79 Å². The minimum absolute atomic E-state index is 0.0918. The molecule has 1 aromatic rings. The average Bonchev–Trinajstić information content (AvgIpc) is 2.79. The minimum Gasteiger partial charge on any atom is -0.453 e. The van der Waals surface area contributed by atoms with Crippen LogP contribution < -0.4 is 0 Å². The number of nitrogens with one attached hydrogen (secondary N) is 1. The highest BCUT2D eigenvalue weighted by Crippen LogP contribution is 2.07. The minimum atomic E-state index is -0.321. The summed E-state index contributed by atoms with van der Waals surface area (Å²) in [6.45, 7) is 2.42. The van der Waals surface area contributed by atoms with Crippen molar-refractivity contribution in [3.8, 4) is 0 Å². The molecule has 6 heteroatoms. The molecule has 19 heavy (non-hydrogen) atoms. The summed E-state index contributed by atoms with van der Waals surface area (Å²) in [5, 5.41) is 0. The first-order valence-corrected chi connectivity index (χ1v) is 6.43. The van der Waals surface area contributed by atoms with Gasteiger partial charge in [0.1, 0.15) is 0 Å². The first-order valence-electron chi connectivity index (χ1n) is 6.43. The highest BCUT2D eigenvalue weighted by atomic mass is 16.5. The van der Waals surface area contributed by atoms with Gasteiger partial charge in [-0.1, -0.05) is 0 Å². The number of hydrogen-bond donors (Lipinski definition) is 1. The summed E-state index contributed by atoms with van der Waals surface area (Å²) in [5.41, 5.74) is 0.916. The number of nitrogens with zero attached hydrogens (tertiary/aromatic N) is 2. The number of aromatic nitrogens is 1. The maximum atomic E-state index is 12.1. The van der Waals surface area contributed by atoms with Gasteiger partial charge in [-0.2, -0.15) is 0 Å². The Hall–Kier alpha value is -1.98. The third kappa shape index (κ3) is 3.49. The van der Waals surface area contributed by atoms with E-state index in [1.165, 1.54) is 7.11 Å². The second kappa shape index (κ2) is 6.26. The summed E-state index contributed by atoms with van der Waals surface area (Å²) >= 11 is 0. The zero-order chi connectivity index (χ0) is 13.7. The van der Waals surface area contributed by atoms with E-state index in [4.69, 9.17) is 4.74 Å². The number of ether oxygens (including phenoxy) is 1. The van der Waals surface area contributed by atoms with Crippen molar-refractivity contribution in [1.82, 2.24) is 14.8 Å². The van der Waals surface area contributed by atoms with Crippen LogP contribution in [0.15, 0.2) is 18.3 Å². The molecule has 1 aliphatic heterocycles. The molecule has 2 rings (SSSR count). The van der Waals surface area contributed by atoms with E-state index in [2.05, 4.69) is 4.98 Å². The Morgan fingerprint density at radius 3 is 2.68 bits per heavy atom. The van der Waals surface area contributed by atoms with Crippen molar-refractivity contribution in [2.24, 2.45) is 0 Å². The van der Waals surface area contributed by atoms with Crippen LogP contribution in [0.1, 0.15) is 12.1 Å². The Labute approximate surface area is 112 Å². The van der Waals surface area contributed by atoms with Crippen molar-refractivity contribution in [3.63, 3.8) is 0 Å². The first kappa shape index (κ1) is 13.5. The van der Waals surface area contributed by atoms with Crippen LogP contribution in [0.5, 0.6) is 0 Å². The Morgan fingerprint density at radius 2 is 2.00 bits per heavy atom. The molecule has 2 amide bonds. The molecule has 0 aromatic carbocycles. The van der Waals surface area contributed by atoms with Gasteiger partial charge in [-0.3, -0.25) is 4.79 Å². The monoisotopic (exact) mass is 265 g/mol. The number of amides is 2. The number of hydrogen-bond acceptors (Lipinski definition) is 3. The molecule has 0 atom stereocenters. The lowest BCUT2D eigenvalue weighted by atomic mass is 10.2. The Morgan fingerprint density at radius 1 is 1.26 bits per heavy atom. The molecule has 0 aliphatic carbocycles. The van der Waals surface area contributed by atoms with Crippen molar-refractivity contribution in [1.29, 1.82) is 0 Å². The predicted octanol–water partition coefficient (Wildman–Crippen LogP) is 0.858. The largest absolute Gasteiger partial charge is 0.453 e. The molecule has 6 nitrogen and oxygen atoms in total. The molecule has 1 aromatic heterocycles. The van der Waals surface area contributed by atoms with E-state index < -0.39 is 0 Å². The Bertz CT molecular complexity index is 430. The molecule has 0 bridgehead atoms. The van der Waals surface area contributed by atoms with Crippen molar-refractivity contribution >= 4 is 12.0 Å². The van der Waals surface area contributed by atoms with Crippen molar-refractivity contribution in [2.45, 2.75) is 12.8 Å². The summed E-state index contributed by atoms with van der Waals surface area (Å²) in [7, 11) is 1.38. The second-order valence-corrected chi connectivity index (χ2v) is 4.56. The van der Waals surface area contributed by atoms with E-state index in [1.54, 1.807) is 4.90 Å². The van der Waals surface area contributed by atoms with Gasteiger partial charge in [0.25, 0.3) is 0 Å². The molecule has 0 spiro atoms. The summed E-state index contributed by atoms with van der Waals surface area (Å²) in [4.78, 5) is 30.1. The highest BCUT2D eigenvalue weighted by Gasteiger charge is 2.22. The van der Waals surface area contributed by atoms with Gasteiger partial charge >= 0.3 is 6.09 Å². The second-order valence-electron chi connectivity index (χ2n) is 4.56. The number of methoxy groups -OCH3 is 1. The molecular weight excluding hydrogens is 246 g/mol. The molecule has 104 valence electrons. The fraction of sp³-hybridized carbons (Fsp3) is 0.538. The summed E-state index contributed by atoms with van der Waals surface area (Å²) in [5.74, 6) is 0.0918. The quantitative estimate of drug-likeness (QED) is 0.862. The van der Waals surface area contributed by atoms with Crippen molar-refractivity contribution < 1.29 is 14.3 Å². The van der Waals surface area contributed by atoms with Gasteiger partial charge < -0.3 is 19.5 Å². The number of carbonyl (C=O) groups excluding carboxylic acids is 2. The fourth-order valence-corrected chi connectivity index (χ4v) is 2.23. The fourth-order valence-electron chi connectivity index (χ4n) is 2.23. The SMILES string of the molecule is COC(=O)N1CCCN(C(=O)Cc2ccc[nH]2)CC1.